The lowest BCUT2D eigenvalue weighted by atomic mass is 10.1. The summed E-state index contributed by atoms with van der Waals surface area (Å²) in [7, 11) is 5.96. The first-order valence-electron chi connectivity index (χ1n) is 7.81. The maximum Gasteiger partial charge on any atom is 0.119 e. The van der Waals surface area contributed by atoms with Crippen LogP contribution in [0.5, 0.6) is 5.75 Å². The van der Waals surface area contributed by atoms with Crippen molar-refractivity contribution in [1.29, 1.82) is 0 Å². The first-order valence-corrected chi connectivity index (χ1v) is 7.81. The van der Waals surface area contributed by atoms with Crippen LogP contribution in [0.25, 0.3) is 0 Å². The first-order chi connectivity index (χ1) is 10.2. The summed E-state index contributed by atoms with van der Waals surface area (Å²) in [6, 6.07) is 8.70. The number of benzene rings is 1. The molecule has 0 saturated heterocycles. The van der Waals surface area contributed by atoms with Crippen LogP contribution in [0.4, 0.5) is 0 Å². The molecule has 21 heavy (non-hydrogen) atoms. The van der Waals surface area contributed by atoms with Crippen molar-refractivity contribution in [3.8, 4) is 5.75 Å². The van der Waals surface area contributed by atoms with Crippen LogP contribution in [0.15, 0.2) is 36.9 Å². The van der Waals surface area contributed by atoms with Crippen molar-refractivity contribution < 1.29 is 4.74 Å². The van der Waals surface area contributed by atoms with Gasteiger partial charge in [0.05, 0.1) is 7.11 Å². The number of nitrogens with one attached hydrogen (secondary N) is 1. The number of hydrogen-bond acceptors (Lipinski definition) is 3. The van der Waals surface area contributed by atoms with E-state index in [9.17, 15) is 0 Å². The lowest BCUT2D eigenvalue weighted by Gasteiger charge is -2.25. The topological polar surface area (TPSA) is 24.5 Å². The van der Waals surface area contributed by atoms with Crippen molar-refractivity contribution in [3.63, 3.8) is 0 Å². The molecule has 0 aromatic heterocycles. The van der Waals surface area contributed by atoms with Gasteiger partial charge < -0.3 is 15.0 Å². The Morgan fingerprint density at radius 2 is 2.10 bits per heavy atom. The standard InChI is InChI=1S/C18H30N2O/c1-5-6-7-8-9-13-19-15-18(20(2)3)16-11-10-12-17(14-16)21-4/h5,10-12,14,18-19H,1,6-9,13,15H2,2-4H3. The third-order valence-corrected chi connectivity index (χ3v) is 3.70. The molecule has 1 atom stereocenters. The van der Waals surface area contributed by atoms with Gasteiger partial charge in [-0.3, -0.25) is 0 Å². The fraction of sp³-hybridized carbons (Fsp3) is 0.556. The Morgan fingerprint density at radius 1 is 1.29 bits per heavy atom. The van der Waals surface area contributed by atoms with E-state index in [1.165, 1.54) is 24.8 Å². The van der Waals surface area contributed by atoms with Crippen molar-refractivity contribution in [2.24, 2.45) is 0 Å². The third kappa shape index (κ3) is 6.78. The third-order valence-electron chi connectivity index (χ3n) is 3.70. The smallest absolute Gasteiger partial charge is 0.119 e. The summed E-state index contributed by atoms with van der Waals surface area (Å²) in [4.78, 5) is 2.25. The van der Waals surface area contributed by atoms with E-state index >= 15 is 0 Å². The Balaban J connectivity index is 2.41. The highest BCUT2D eigenvalue weighted by Crippen LogP contribution is 2.22. The number of ether oxygens (including phenoxy) is 1. The van der Waals surface area contributed by atoms with Crippen LogP contribution in [0.1, 0.15) is 37.3 Å². The summed E-state index contributed by atoms with van der Waals surface area (Å²) < 4.78 is 5.32. The number of nitrogens with zero attached hydrogens (tertiary/aromatic N) is 1. The molecule has 0 saturated carbocycles. The molecule has 118 valence electrons. The molecule has 0 aliphatic heterocycles. The summed E-state index contributed by atoms with van der Waals surface area (Å²) in [6.45, 7) is 5.79. The SMILES string of the molecule is C=CCCCCCNCC(c1cccc(OC)c1)N(C)C. The second-order valence-corrected chi connectivity index (χ2v) is 5.60. The van der Waals surface area contributed by atoms with E-state index in [1.807, 2.05) is 12.1 Å². The number of unbranched alkanes of at least 4 members (excludes halogenated alkanes) is 3. The van der Waals surface area contributed by atoms with E-state index in [0.717, 1.165) is 25.3 Å². The van der Waals surface area contributed by atoms with Gasteiger partial charge in [0, 0.05) is 12.6 Å². The molecule has 0 aliphatic rings. The van der Waals surface area contributed by atoms with Crippen LogP contribution in [-0.2, 0) is 0 Å². The molecule has 1 unspecified atom stereocenters. The van der Waals surface area contributed by atoms with Gasteiger partial charge in [-0.15, -0.1) is 6.58 Å². The van der Waals surface area contributed by atoms with Gasteiger partial charge in [-0.1, -0.05) is 24.6 Å². The highest BCUT2D eigenvalue weighted by Gasteiger charge is 2.14. The number of methoxy groups -OCH3 is 1. The number of allylic oxidation sites excluding steroid dienone is 1. The lowest BCUT2D eigenvalue weighted by Crippen LogP contribution is -2.31. The maximum atomic E-state index is 5.32. The summed E-state index contributed by atoms with van der Waals surface area (Å²) in [5.41, 5.74) is 1.29. The van der Waals surface area contributed by atoms with Crippen LogP contribution in [0.2, 0.25) is 0 Å². The van der Waals surface area contributed by atoms with E-state index in [-0.39, 0.29) is 0 Å². The number of hydrogen-bond donors (Lipinski definition) is 1. The molecule has 3 heteroatoms. The molecule has 0 fully saturated rings. The Morgan fingerprint density at radius 3 is 2.76 bits per heavy atom. The Labute approximate surface area is 130 Å². The van der Waals surface area contributed by atoms with Crippen LogP contribution >= 0.6 is 0 Å². The molecular weight excluding hydrogens is 260 g/mol. The van der Waals surface area contributed by atoms with E-state index < -0.39 is 0 Å². The van der Waals surface area contributed by atoms with Gasteiger partial charge in [0.25, 0.3) is 0 Å². The minimum Gasteiger partial charge on any atom is -0.497 e. The zero-order valence-corrected chi connectivity index (χ0v) is 13.8. The molecule has 1 aromatic rings. The van der Waals surface area contributed by atoms with Crippen molar-refractivity contribution >= 4 is 0 Å². The minimum absolute atomic E-state index is 0.369. The summed E-state index contributed by atoms with van der Waals surface area (Å²) in [5.74, 6) is 0.920. The normalized spacial score (nSPS) is 12.4. The molecule has 0 amide bonds. The predicted octanol–water partition coefficient (Wildman–Crippen LogP) is 3.63. The fourth-order valence-electron chi connectivity index (χ4n) is 2.40. The molecule has 1 N–H and O–H groups in total. The van der Waals surface area contributed by atoms with Gasteiger partial charge in [-0.25, -0.2) is 0 Å². The van der Waals surface area contributed by atoms with Crippen molar-refractivity contribution in [1.82, 2.24) is 10.2 Å². The molecule has 1 aromatic carbocycles. The molecule has 3 nitrogen and oxygen atoms in total. The van der Waals surface area contributed by atoms with Crippen LogP contribution in [-0.4, -0.2) is 39.2 Å². The van der Waals surface area contributed by atoms with Gasteiger partial charge in [0.15, 0.2) is 0 Å². The van der Waals surface area contributed by atoms with E-state index in [1.54, 1.807) is 7.11 Å². The van der Waals surface area contributed by atoms with Crippen molar-refractivity contribution in [2.75, 3.05) is 34.3 Å². The van der Waals surface area contributed by atoms with E-state index in [2.05, 4.69) is 49.1 Å². The predicted molar refractivity (Wildman–Crippen MR) is 91.0 cm³/mol. The van der Waals surface area contributed by atoms with E-state index in [0.29, 0.717) is 6.04 Å². The van der Waals surface area contributed by atoms with Crippen molar-refractivity contribution in [2.45, 2.75) is 31.7 Å². The largest absolute Gasteiger partial charge is 0.497 e. The van der Waals surface area contributed by atoms with Crippen LogP contribution in [0.3, 0.4) is 0 Å². The second kappa shape index (κ2) is 10.4. The highest BCUT2D eigenvalue weighted by molar-refractivity contribution is 5.30. The van der Waals surface area contributed by atoms with Gasteiger partial charge in [-0.2, -0.15) is 0 Å². The lowest BCUT2D eigenvalue weighted by molar-refractivity contribution is 0.287. The first kappa shape index (κ1) is 17.7. The van der Waals surface area contributed by atoms with Gasteiger partial charge in [-0.05, 0) is 57.6 Å². The second-order valence-electron chi connectivity index (χ2n) is 5.60. The van der Waals surface area contributed by atoms with Gasteiger partial charge >= 0.3 is 0 Å². The van der Waals surface area contributed by atoms with Crippen LogP contribution < -0.4 is 10.1 Å². The maximum absolute atomic E-state index is 5.32. The molecule has 0 heterocycles. The molecule has 0 bridgehead atoms. The Kier molecular flexibility index (Phi) is 8.79. The van der Waals surface area contributed by atoms with Crippen LogP contribution in [0, 0.1) is 0 Å². The molecular formula is C18H30N2O. The van der Waals surface area contributed by atoms with Crippen molar-refractivity contribution in [3.05, 3.63) is 42.5 Å². The fourth-order valence-corrected chi connectivity index (χ4v) is 2.40. The zero-order valence-electron chi connectivity index (χ0n) is 13.8. The molecule has 1 rings (SSSR count). The van der Waals surface area contributed by atoms with Gasteiger partial charge in [0.2, 0.25) is 0 Å². The molecule has 0 spiro atoms. The number of rotatable bonds is 11. The molecule has 0 radical (unpaired) electrons. The Bertz CT molecular complexity index is 404. The molecule has 0 aliphatic carbocycles. The van der Waals surface area contributed by atoms with E-state index in [4.69, 9.17) is 4.74 Å². The highest BCUT2D eigenvalue weighted by atomic mass is 16.5. The number of likely N-dealkylation sites (N-methyl/N-ethyl adjacent to an activating group) is 1. The minimum atomic E-state index is 0.369. The quantitative estimate of drug-likeness (QED) is 0.497. The van der Waals surface area contributed by atoms with Gasteiger partial charge in [0.1, 0.15) is 5.75 Å². The monoisotopic (exact) mass is 290 g/mol. The summed E-state index contributed by atoms with van der Waals surface area (Å²) >= 11 is 0. The summed E-state index contributed by atoms with van der Waals surface area (Å²) in [6.07, 6.45) is 6.87. The average molecular weight is 290 g/mol. The average Bonchev–Trinajstić information content (AvgIpc) is 2.49. The summed E-state index contributed by atoms with van der Waals surface area (Å²) in [5, 5.41) is 3.57. The Hall–Kier alpha value is -1.32. The zero-order chi connectivity index (χ0) is 15.5.